The van der Waals surface area contributed by atoms with E-state index in [1.165, 1.54) is 0 Å². The Morgan fingerprint density at radius 2 is 1.70 bits per heavy atom. The molecule has 0 unspecified atom stereocenters. The molecular formula is C23H38N4O5S. The summed E-state index contributed by atoms with van der Waals surface area (Å²) in [7, 11) is -3.82. The zero-order valence-electron chi connectivity index (χ0n) is 19.9. The van der Waals surface area contributed by atoms with Crippen molar-refractivity contribution in [1.29, 1.82) is 0 Å². The van der Waals surface area contributed by atoms with Gasteiger partial charge >= 0.3 is 0 Å². The maximum Gasteiger partial charge on any atom is 0.247 e. The standard InChI is InChI=1S/C23H38N4O5S/c1-17(2)15-21(22(28)25-27(16-18(3)4)33(31,32)14-13-24)20(23(29)26-30)12-8-11-19-9-6-5-7-10-19/h5-11,17-18,20-21,30H,12-16,24H2,1-4H3,(H,25,28)(H,26,29)/t20-,21+/m0/s1. The van der Waals surface area contributed by atoms with Crippen molar-refractivity contribution in [3.05, 3.63) is 42.0 Å². The lowest BCUT2D eigenvalue weighted by Crippen LogP contribution is -2.53. The van der Waals surface area contributed by atoms with Gasteiger partial charge in [-0.15, -0.1) is 4.41 Å². The summed E-state index contributed by atoms with van der Waals surface area (Å²) >= 11 is 0. The summed E-state index contributed by atoms with van der Waals surface area (Å²) in [5.74, 6) is -3.36. The molecule has 0 aliphatic rings. The molecular weight excluding hydrogens is 444 g/mol. The quantitative estimate of drug-likeness (QED) is 0.236. The molecule has 2 atom stereocenters. The second-order valence-electron chi connectivity index (χ2n) is 8.87. The van der Waals surface area contributed by atoms with Gasteiger partial charge in [0.2, 0.25) is 21.8 Å². The van der Waals surface area contributed by atoms with E-state index in [0.717, 1.165) is 9.98 Å². The summed E-state index contributed by atoms with van der Waals surface area (Å²) in [6, 6.07) is 9.48. The summed E-state index contributed by atoms with van der Waals surface area (Å²) in [5.41, 5.74) is 10.5. The lowest BCUT2D eigenvalue weighted by atomic mass is 9.82. The van der Waals surface area contributed by atoms with Crippen molar-refractivity contribution in [3.63, 3.8) is 0 Å². The van der Waals surface area contributed by atoms with Crippen LogP contribution in [0.1, 0.15) is 46.1 Å². The summed E-state index contributed by atoms with van der Waals surface area (Å²) in [4.78, 5) is 25.8. The molecule has 0 aromatic heterocycles. The number of nitrogens with one attached hydrogen (secondary N) is 2. The van der Waals surface area contributed by atoms with Crippen molar-refractivity contribution >= 4 is 27.9 Å². The predicted octanol–water partition coefficient (Wildman–Crippen LogP) is 2.15. The lowest BCUT2D eigenvalue weighted by Gasteiger charge is -2.30. The summed E-state index contributed by atoms with van der Waals surface area (Å²) < 4.78 is 26.2. The van der Waals surface area contributed by atoms with E-state index in [0.29, 0.717) is 6.42 Å². The van der Waals surface area contributed by atoms with Crippen LogP contribution in [0.3, 0.4) is 0 Å². The van der Waals surface area contributed by atoms with Crippen molar-refractivity contribution in [2.75, 3.05) is 18.8 Å². The van der Waals surface area contributed by atoms with Crippen LogP contribution in [0, 0.1) is 23.7 Å². The van der Waals surface area contributed by atoms with E-state index in [4.69, 9.17) is 5.73 Å². The highest BCUT2D eigenvalue weighted by atomic mass is 32.2. The van der Waals surface area contributed by atoms with E-state index >= 15 is 0 Å². The predicted molar refractivity (Wildman–Crippen MR) is 129 cm³/mol. The van der Waals surface area contributed by atoms with Gasteiger partial charge in [0.25, 0.3) is 0 Å². The van der Waals surface area contributed by atoms with E-state index in [1.807, 2.05) is 64.1 Å². The molecule has 0 spiro atoms. The monoisotopic (exact) mass is 482 g/mol. The first-order valence-electron chi connectivity index (χ1n) is 11.2. The molecule has 1 aromatic rings. The molecule has 0 heterocycles. The maximum atomic E-state index is 13.3. The van der Waals surface area contributed by atoms with E-state index in [-0.39, 0.29) is 37.1 Å². The molecule has 0 saturated heterocycles. The lowest BCUT2D eigenvalue weighted by molar-refractivity contribution is -0.141. The van der Waals surface area contributed by atoms with E-state index in [1.54, 1.807) is 11.6 Å². The third-order valence-electron chi connectivity index (χ3n) is 4.97. The third-order valence-corrected chi connectivity index (χ3v) is 6.64. The number of sulfonamides is 1. The molecule has 186 valence electrons. The molecule has 0 radical (unpaired) electrons. The first-order valence-corrected chi connectivity index (χ1v) is 12.8. The van der Waals surface area contributed by atoms with Crippen molar-refractivity contribution < 1.29 is 23.2 Å². The number of carbonyl (C=O) groups excluding carboxylic acids is 2. The third kappa shape index (κ3) is 10.0. The smallest absolute Gasteiger partial charge is 0.247 e. The number of hydrogen-bond donors (Lipinski definition) is 4. The van der Waals surface area contributed by atoms with Crippen LogP contribution in [0.5, 0.6) is 0 Å². The second kappa shape index (κ2) is 14.1. The minimum Gasteiger partial charge on any atom is -0.329 e. The van der Waals surface area contributed by atoms with Crippen LogP contribution in [0.4, 0.5) is 0 Å². The Hall–Kier alpha value is -2.27. The Balaban J connectivity index is 3.19. The highest BCUT2D eigenvalue weighted by molar-refractivity contribution is 7.89. The molecule has 9 nitrogen and oxygen atoms in total. The fourth-order valence-electron chi connectivity index (χ4n) is 3.44. The van der Waals surface area contributed by atoms with Gasteiger partial charge < -0.3 is 5.73 Å². The number of hydrogen-bond acceptors (Lipinski definition) is 6. The number of allylic oxidation sites excluding steroid dienone is 1. The number of hydroxylamine groups is 1. The van der Waals surface area contributed by atoms with Gasteiger partial charge in [0, 0.05) is 13.1 Å². The molecule has 33 heavy (non-hydrogen) atoms. The topological polar surface area (TPSA) is 142 Å². The fourth-order valence-corrected chi connectivity index (χ4v) is 4.71. The van der Waals surface area contributed by atoms with Crippen LogP contribution in [-0.2, 0) is 19.6 Å². The molecule has 0 aliphatic carbocycles. The van der Waals surface area contributed by atoms with Gasteiger partial charge in [0.1, 0.15) is 0 Å². The van der Waals surface area contributed by atoms with E-state index in [2.05, 4.69) is 5.43 Å². The Kier molecular flexibility index (Phi) is 12.3. The number of rotatable bonds is 14. The van der Waals surface area contributed by atoms with Gasteiger partial charge in [-0.1, -0.05) is 70.2 Å². The van der Waals surface area contributed by atoms with Crippen molar-refractivity contribution in [2.24, 2.45) is 29.4 Å². The van der Waals surface area contributed by atoms with Gasteiger partial charge in [0.15, 0.2) is 0 Å². The van der Waals surface area contributed by atoms with Crippen LogP contribution in [0.25, 0.3) is 6.08 Å². The van der Waals surface area contributed by atoms with Crippen LogP contribution >= 0.6 is 0 Å². The molecule has 0 fully saturated rings. The van der Waals surface area contributed by atoms with E-state index in [9.17, 15) is 23.2 Å². The minimum absolute atomic E-state index is 0.0482. The van der Waals surface area contributed by atoms with Crippen LogP contribution in [0.2, 0.25) is 0 Å². The number of nitrogens with two attached hydrogens (primary N) is 1. The Morgan fingerprint density at radius 1 is 1.06 bits per heavy atom. The van der Waals surface area contributed by atoms with Crippen molar-refractivity contribution in [3.8, 4) is 0 Å². The highest BCUT2D eigenvalue weighted by Gasteiger charge is 2.36. The van der Waals surface area contributed by atoms with Crippen molar-refractivity contribution in [1.82, 2.24) is 15.3 Å². The Morgan fingerprint density at radius 3 is 2.21 bits per heavy atom. The molecule has 1 rings (SSSR count). The number of amides is 2. The molecule has 10 heteroatoms. The fraction of sp³-hybridized carbons (Fsp3) is 0.565. The molecule has 0 bridgehead atoms. The largest absolute Gasteiger partial charge is 0.329 e. The number of hydrazine groups is 1. The normalized spacial score (nSPS) is 14.1. The minimum atomic E-state index is -3.82. The molecule has 2 amide bonds. The second-order valence-corrected chi connectivity index (χ2v) is 10.9. The maximum absolute atomic E-state index is 13.3. The summed E-state index contributed by atoms with van der Waals surface area (Å²) in [5, 5.41) is 9.31. The van der Waals surface area contributed by atoms with Gasteiger partial charge in [-0.05, 0) is 30.2 Å². The molecule has 0 saturated carbocycles. The molecule has 1 aromatic carbocycles. The summed E-state index contributed by atoms with van der Waals surface area (Å²) in [6.07, 6.45) is 4.12. The highest BCUT2D eigenvalue weighted by Crippen LogP contribution is 2.26. The van der Waals surface area contributed by atoms with Gasteiger partial charge in [-0.3, -0.25) is 20.2 Å². The van der Waals surface area contributed by atoms with Crippen LogP contribution < -0.4 is 16.6 Å². The van der Waals surface area contributed by atoms with Crippen LogP contribution in [-0.4, -0.2) is 48.7 Å². The molecule has 0 aliphatic heterocycles. The van der Waals surface area contributed by atoms with Gasteiger partial charge in [-0.25, -0.2) is 13.9 Å². The average molecular weight is 483 g/mol. The summed E-state index contributed by atoms with van der Waals surface area (Å²) in [6.45, 7) is 7.48. The van der Waals surface area contributed by atoms with Gasteiger partial charge in [-0.2, -0.15) is 0 Å². The number of carbonyl (C=O) groups is 2. The number of benzene rings is 1. The van der Waals surface area contributed by atoms with E-state index < -0.39 is 33.7 Å². The SMILES string of the molecule is CC(C)C[C@@H](C(=O)NN(CC(C)C)S(=O)(=O)CCN)[C@H](CC=Cc1ccccc1)C(=O)NO. The Bertz CT molecular complexity index is 872. The zero-order valence-corrected chi connectivity index (χ0v) is 20.7. The first-order chi connectivity index (χ1) is 15.5. The van der Waals surface area contributed by atoms with Crippen molar-refractivity contribution in [2.45, 2.75) is 40.5 Å². The Labute approximate surface area is 197 Å². The zero-order chi connectivity index (χ0) is 25.0. The number of nitrogens with zero attached hydrogens (tertiary/aromatic N) is 1. The first kappa shape index (κ1) is 28.8. The average Bonchev–Trinajstić information content (AvgIpc) is 2.74. The molecule has 5 N–H and O–H groups in total. The van der Waals surface area contributed by atoms with Gasteiger partial charge in [0.05, 0.1) is 17.6 Å². The van der Waals surface area contributed by atoms with Crippen LogP contribution in [0.15, 0.2) is 36.4 Å².